The summed E-state index contributed by atoms with van der Waals surface area (Å²) in [6.45, 7) is 6.13. The zero-order chi connectivity index (χ0) is 19.6. The van der Waals surface area contributed by atoms with Crippen LogP contribution in [0.3, 0.4) is 0 Å². The summed E-state index contributed by atoms with van der Waals surface area (Å²) in [7, 11) is 0. The molecule has 142 valence electrons. The first-order valence-corrected chi connectivity index (χ1v) is 9.16. The number of ether oxygens (including phenoxy) is 1. The van der Waals surface area contributed by atoms with E-state index in [0.717, 1.165) is 27.8 Å². The summed E-state index contributed by atoms with van der Waals surface area (Å²) in [5.74, 6) is -0.0135. The molecule has 0 spiro atoms. The second-order valence-corrected chi connectivity index (χ2v) is 7.07. The molecule has 1 amide bonds. The third kappa shape index (κ3) is 4.25. The van der Waals surface area contributed by atoms with Crippen LogP contribution >= 0.6 is 11.6 Å². The molecule has 0 unspecified atom stereocenters. The van der Waals surface area contributed by atoms with E-state index in [0.29, 0.717) is 29.3 Å². The van der Waals surface area contributed by atoms with E-state index in [1.807, 2.05) is 26.8 Å². The molecule has 27 heavy (non-hydrogen) atoms. The molecule has 0 saturated carbocycles. The Hall–Kier alpha value is -2.53. The Morgan fingerprint density at radius 1 is 1.22 bits per heavy atom. The SMILES string of the molecule is Cc1ccc(OCC(=O)NCCc2c(C)[nH]c3c(F)ccc(C)c23)c(Cl)c1. The van der Waals surface area contributed by atoms with E-state index >= 15 is 0 Å². The standard InChI is InChI=1S/C21H22ClFN2O2/c1-12-4-7-18(16(22)10-12)27-11-19(26)24-9-8-15-14(3)25-21-17(23)6-5-13(2)20(15)21/h4-7,10,25H,8-9,11H2,1-3H3,(H,24,26). The van der Waals surface area contributed by atoms with E-state index in [-0.39, 0.29) is 18.3 Å². The second kappa shape index (κ2) is 8.01. The van der Waals surface area contributed by atoms with Crippen LogP contribution in [0.4, 0.5) is 4.39 Å². The number of hydrogen-bond donors (Lipinski definition) is 2. The fourth-order valence-electron chi connectivity index (χ4n) is 3.20. The first-order chi connectivity index (χ1) is 12.9. The first kappa shape index (κ1) is 19.2. The number of nitrogens with one attached hydrogen (secondary N) is 2. The number of halogens is 2. The van der Waals surface area contributed by atoms with Gasteiger partial charge in [0.2, 0.25) is 0 Å². The van der Waals surface area contributed by atoms with Gasteiger partial charge in [0.1, 0.15) is 11.6 Å². The number of fused-ring (bicyclic) bond motifs is 1. The van der Waals surface area contributed by atoms with Crippen LogP contribution in [0.1, 0.15) is 22.4 Å². The Morgan fingerprint density at radius 2 is 2.00 bits per heavy atom. The minimum atomic E-state index is -0.266. The quantitative estimate of drug-likeness (QED) is 0.647. The van der Waals surface area contributed by atoms with Gasteiger partial charge in [-0.2, -0.15) is 0 Å². The lowest BCUT2D eigenvalue weighted by molar-refractivity contribution is -0.123. The van der Waals surface area contributed by atoms with Gasteiger partial charge in [0, 0.05) is 17.6 Å². The van der Waals surface area contributed by atoms with Crippen molar-refractivity contribution in [3.05, 3.63) is 63.6 Å². The van der Waals surface area contributed by atoms with Gasteiger partial charge in [-0.1, -0.05) is 23.7 Å². The van der Waals surface area contributed by atoms with Crippen LogP contribution in [0.2, 0.25) is 5.02 Å². The summed E-state index contributed by atoms with van der Waals surface area (Å²) in [5.41, 5.74) is 4.48. The Morgan fingerprint density at radius 3 is 2.74 bits per heavy atom. The van der Waals surface area contributed by atoms with Gasteiger partial charge in [-0.3, -0.25) is 4.79 Å². The molecule has 0 bridgehead atoms. The van der Waals surface area contributed by atoms with Gasteiger partial charge < -0.3 is 15.0 Å². The number of amides is 1. The lowest BCUT2D eigenvalue weighted by Crippen LogP contribution is -2.30. The molecule has 3 aromatic rings. The Kier molecular flexibility index (Phi) is 5.71. The predicted octanol–water partition coefficient (Wildman–Crippen LogP) is 4.62. The van der Waals surface area contributed by atoms with Crippen LogP contribution in [-0.2, 0) is 11.2 Å². The third-order valence-electron chi connectivity index (χ3n) is 4.57. The maximum atomic E-state index is 14.0. The summed E-state index contributed by atoms with van der Waals surface area (Å²) < 4.78 is 19.5. The number of H-pyrrole nitrogens is 1. The molecule has 0 aliphatic rings. The van der Waals surface area contributed by atoms with Gasteiger partial charge in [-0.15, -0.1) is 0 Å². The molecule has 6 heteroatoms. The third-order valence-corrected chi connectivity index (χ3v) is 4.87. The Labute approximate surface area is 162 Å². The minimum Gasteiger partial charge on any atom is -0.482 e. The van der Waals surface area contributed by atoms with Crippen molar-refractivity contribution in [2.24, 2.45) is 0 Å². The van der Waals surface area contributed by atoms with Gasteiger partial charge in [0.25, 0.3) is 5.91 Å². The van der Waals surface area contributed by atoms with Crippen LogP contribution in [0.5, 0.6) is 5.75 Å². The van der Waals surface area contributed by atoms with Crippen LogP contribution in [0.25, 0.3) is 10.9 Å². The van der Waals surface area contributed by atoms with Crippen molar-refractivity contribution >= 4 is 28.4 Å². The molecule has 4 nitrogen and oxygen atoms in total. The molecule has 0 aliphatic heterocycles. The molecular weight excluding hydrogens is 367 g/mol. The molecule has 1 heterocycles. The molecule has 0 saturated heterocycles. The fourth-order valence-corrected chi connectivity index (χ4v) is 3.49. The summed E-state index contributed by atoms with van der Waals surface area (Å²) in [4.78, 5) is 15.2. The van der Waals surface area contributed by atoms with E-state index in [1.165, 1.54) is 6.07 Å². The first-order valence-electron chi connectivity index (χ1n) is 8.78. The normalized spacial score (nSPS) is 11.0. The number of rotatable bonds is 6. The predicted molar refractivity (Wildman–Crippen MR) is 106 cm³/mol. The Balaban J connectivity index is 1.58. The lowest BCUT2D eigenvalue weighted by atomic mass is 10.0. The second-order valence-electron chi connectivity index (χ2n) is 6.67. The van der Waals surface area contributed by atoms with E-state index in [4.69, 9.17) is 16.3 Å². The topological polar surface area (TPSA) is 54.1 Å². The van der Waals surface area contributed by atoms with Crippen LogP contribution in [0.15, 0.2) is 30.3 Å². The van der Waals surface area contributed by atoms with E-state index in [2.05, 4.69) is 10.3 Å². The van der Waals surface area contributed by atoms with Crippen LogP contribution in [-0.4, -0.2) is 24.0 Å². The Bertz CT molecular complexity index is 998. The molecule has 0 aliphatic carbocycles. The maximum Gasteiger partial charge on any atom is 0.257 e. The molecule has 0 radical (unpaired) electrons. The van der Waals surface area contributed by atoms with Crippen molar-refractivity contribution in [1.82, 2.24) is 10.3 Å². The largest absolute Gasteiger partial charge is 0.482 e. The van der Waals surface area contributed by atoms with Crippen molar-refractivity contribution < 1.29 is 13.9 Å². The number of aromatic amines is 1. The fraction of sp³-hybridized carbons (Fsp3) is 0.286. The van der Waals surface area contributed by atoms with Gasteiger partial charge in [-0.25, -0.2) is 4.39 Å². The number of hydrogen-bond acceptors (Lipinski definition) is 2. The summed E-state index contributed by atoms with van der Waals surface area (Å²) in [6.07, 6.45) is 0.604. The number of benzene rings is 2. The highest BCUT2D eigenvalue weighted by molar-refractivity contribution is 6.32. The number of carbonyl (C=O) groups is 1. The monoisotopic (exact) mass is 388 g/mol. The summed E-state index contributed by atoms with van der Waals surface area (Å²) in [5, 5.41) is 4.21. The maximum absolute atomic E-state index is 14.0. The smallest absolute Gasteiger partial charge is 0.257 e. The summed E-state index contributed by atoms with van der Waals surface area (Å²) >= 11 is 6.09. The van der Waals surface area contributed by atoms with Crippen molar-refractivity contribution in [3.8, 4) is 5.75 Å². The zero-order valence-electron chi connectivity index (χ0n) is 15.6. The molecule has 2 aromatic carbocycles. The molecule has 1 aromatic heterocycles. The van der Waals surface area contributed by atoms with Gasteiger partial charge in [0.15, 0.2) is 6.61 Å². The van der Waals surface area contributed by atoms with Crippen LogP contribution in [0, 0.1) is 26.6 Å². The highest BCUT2D eigenvalue weighted by Crippen LogP contribution is 2.28. The average Bonchev–Trinajstić information content (AvgIpc) is 2.95. The van der Waals surface area contributed by atoms with E-state index < -0.39 is 0 Å². The molecular formula is C21H22ClFN2O2. The van der Waals surface area contributed by atoms with Crippen molar-refractivity contribution in [2.75, 3.05) is 13.2 Å². The average molecular weight is 389 g/mol. The number of aromatic nitrogens is 1. The number of aryl methyl sites for hydroxylation is 3. The van der Waals surface area contributed by atoms with Gasteiger partial charge >= 0.3 is 0 Å². The van der Waals surface area contributed by atoms with Gasteiger partial charge in [0.05, 0.1) is 10.5 Å². The molecule has 2 N–H and O–H groups in total. The van der Waals surface area contributed by atoms with Crippen molar-refractivity contribution in [1.29, 1.82) is 0 Å². The lowest BCUT2D eigenvalue weighted by Gasteiger charge is -2.10. The van der Waals surface area contributed by atoms with Crippen molar-refractivity contribution in [3.63, 3.8) is 0 Å². The van der Waals surface area contributed by atoms with Gasteiger partial charge in [-0.05, 0) is 62.1 Å². The minimum absolute atomic E-state index is 0.108. The van der Waals surface area contributed by atoms with Crippen LogP contribution < -0.4 is 10.1 Å². The van der Waals surface area contributed by atoms with E-state index in [1.54, 1.807) is 18.2 Å². The molecule has 3 rings (SSSR count). The highest BCUT2D eigenvalue weighted by Gasteiger charge is 2.14. The van der Waals surface area contributed by atoms with Crippen molar-refractivity contribution in [2.45, 2.75) is 27.2 Å². The molecule has 0 atom stereocenters. The highest BCUT2D eigenvalue weighted by atomic mass is 35.5. The molecule has 0 fully saturated rings. The summed E-state index contributed by atoms with van der Waals surface area (Å²) in [6, 6.07) is 8.65. The zero-order valence-corrected chi connectivity index (χ0v) is 16.3. The van der Waals surface area contributed by atoms with E-state index in [9.17, 15) is 9.18 Å². The number of carbonyl (C=O) groups excluding carboxylic acids is 1.